The van der Waals surface area contributed by atoms with E-state index in [1.807, 2.05) is 20.8 Å². The number of nitriles is 1. The third kappa shape index (κ3) is 6.52. The Morgan fingerprint density at radius 2 is 2.07 bits per heavy atom. The minimum Gasteiger partial charge on any atom is -0.304 e. The van der Waals surface area contributed by atoms with Crippen LogP contribution in [0, 0.1) is 29.1 Å². The number of hydrogen-bond donors (Lipinski definition) is 1. The third-order valence-electron chi connectivity index (χ3n) is 2.23. The number of terminal acetylenes is 1. The molecule has 0 aliphatic rings. The van der Waals surface area contributed by atoms with Gasteiger partial charge in [0.2, 0.25) is 0 Å². The molecule has 0 spiro atoms. The number of nitrogens with zero attached hydrogens (tertiary/aromatic N) is 1. The second-order valence-electron chi connectivity index (χ2n) is 4.30. The molecule has 2 nitrogen and oxygen atoms in total. The normalized spacial score (nSPS) is 12.9. The fraction of sp³-hybridized carbons (Fsp3) is 0.750. The first-order chi connectivity index (χ1) is 6.52. The Morgan fingerprint density at radius 1 is 1.43 bits per heavy atom. The lowest BCUT2D eigenvalue weighted by Crippen LogP contribution is -2.25. The molecule has 0 bridgehead atoms. The zero-order valence-electron chi connectivity index (χ0n) is 9.43. The summed E-state index contributed by atoms with van der Waals surface area (Å²) < 4.78 is 0. The van der Waals surface area contributed by atoms with Gasteiger partial charge in [0.15, 0.2) is 0 Å². The monoisotopic (exact) mass is 192 g/mol. The fourth-order valence-corrected chi connectivity index (χ4v) is 1.13. The molecular formula is C12H20N2. The van der Waals surface area contributed by atoms with E-state index < -0.39 is 0 Å². The van der Waals surface area contributed by atoms with Crippen molar-refractivity contribution in [2.75, 3.05) is 6.54 Å². The molecule has 0 radical (unpaired) electrons. The molecule has 0 heterocycles. The van der Waals surface area contributed by atoms with Crippen molar-refractivity contribution in [3.63, 3.8) is 0 Å². The molecule has 0 aliphatic heterocycles. The molecule has 0 aliphatic carbocycles. The van der Waals surface area contributed by atoms with E-state index in [1.165, 1.54) is 0 Å². The first-order valence-electron chi connectivity index (χ1n) is 5.12. The molecule has 0 rings (SSSR count). The van der Waals surface area contributed by atoms with Gasteiger partial charge in [-0.3, -0.25) is 0 Å². The van der Waals surface area contributed by atoms with Crippen molar-refractivity contribution in [1.82, 2.24) is 5.32 Å². The zero-order chi connectivity index (χ0) is 11.0. The highest BCUT2D eigenvalue weighted by Crippen LogP contribution is 2.21. The fourth-order valence-electron chi connectivity index (χ4n) is 1.13. The average Bonchev–Trinajstić information content (AvgIpc) is 2.17. The van der Waals surface area contributed by atoms with E-state index in [9.17, 15) is 0 Å². The van der Waals surface area contributed by atoms with Crippen LogP contribution in [0.25, 0.3) is 0 Å². The van der Waals surface area contributed by atoms with Crippen molar-refractivity contribution in [3.8, 4) is 18.4 Å². The third-order valence-corrected chi connectivity index (χ3v) is 2.23. The zero-order valence-corrected chi connectivity index (χ0v) is 9.43. The lowest BCUT2D eigenvalue weighted by atomic mass is 9.89. The van der Waals surface area contributed by atoms with E-state index in [4.69, 9.17) is 11.7 Å². The van der Waals surface area contributed by atoms with E-state index in [1.54, 1.807) is 0 Å². The van der Waals surface area contributed by atoms with Crippen LogP contribution in [0.15, 0.2) is 0 Å². The molecule has 0 saturated heterocycles. The van der Waals surface area contributed by atoms with Gasteiger partial charge in [-0.1, -0.05) is 12.3 Å². The van der Waals surface area contributed by atoms with Crippen molar-refractivity contribution >= 4 is 0 Å². The Labute approximate surface area is 87.7 Å². The Morgan fingerprint density at radius 3 is 2.57 bits per heavy atom. The topological polar surface area (TPSA) is 35.8 Å². The molecule has 0 aromatic carbocycles. The summed E-state index contributed by atoms with van der Waals surface area (Å²) in [6.45, 7) is 6.86. The van der Waals surface area contributed by atoms with Gasteiger partial charge in [-0.25, -0.2) is 0 Å². The Balaban J connectivity index is 3.41. The number of unbranched alkanes of at least 4 members (excludes halogenated alkanes) is 1. The predicted molar refractivity (Wildman–Crippen MR) is 59.5 cm³/mol. The van der Waals surface area contributed by atoms with Crippen LogP contribution in [0.1, 0.15) is 40.0 Å². The maximum atomic E-state index is 8.78. The van der Waals surface area contributed by atoms with Crippen LogP contribution in [0.3, 0.4) is 0 Å². The van der Waals surface area contributed by atoms with E-state index in [-0.39, 0.29) is 11.5 Å². The van der Waals surface area contributed by atoms with Crippen LogP contribution in [0.4, 0.5) is 0 Å². The van der Waals surface area contributed by atoms with Gasteiger partial charge in [0.1, 0.15) is 0 Å². The first kappa shape index (κ1) is 13.0. The second kappa shape index (κ2) is 6.46. The van der Waals surface area contributed by atoms with Gasteiger partial charge in [0.05, 0.1) is 17.5 Å². The van der Waals surface area contributed by atoms with Gasteiger partial charge in [0.25, 0.3) is 0 Å². The number of rotatable bonds is 6. The number of nitrogens with one attached hydrogen (secondary N) is 1. The molecule has 2 heteroatoms. The van der Waals surface area contributed by atoms with E-state index >= 15 is 0 Å². The summed E-state index contributed by atoms with van der Waals surface area (Å²) in [7, 11) is 0. The molecule has 14 heavy (non-hydrogen) atoms. The Kier molecular flexibility index (Phi) is 6.00. The maximum Gasteiger partial charge on any atom is 0.0683 e. The molecule has 1 unspecified atom stereocenters. The molecular weight excluding hydrogens is 172 g/mol. The molecule has 0 fully saturated rings. The van der Waals surface area contributed by atoms with Crippen molar-refractivity contribution in [2.24, 2.45) is 5.41 Å². The summed E-state index contributed by atoms with van der Waals surface area (Å²) in [6, 6.07) is 2.45. The molecule has 0 aromatic heterocycles. The molecule has 1 N–H and O–H groups in total. The van der Waals surface area contributed by atoms with Gasteiger partial charge in [0, 0.05) is 0 Å². The SMILES string of the molecule is C#CC(C)NCCCCC(C)(C)C#N. The van der Waals surface area contributed by atoms with Gasteiger partial charge in [-0.2, -0.15) is 5.26 Å². The molecule has 0 amide bonds. The predicted octanol–water partition coefficient (Wildman–Crippen LogP) is 2.32. The molecule has 78 valence electrons. The Bertz CT molecular complexity index is 230. The minimum absolute atomic E-state index is 0.152. The highest BCUT2D eigenvalue weighted by atomic mass is 14.9. The van der Waals surface area contributed by atoms with Crippen LogP contribution in [-0.4, -0.2) is 12.6 Å². The quantitative estimate of drug-likeness (QED) is 0.518. The van der Waals surface area contributed by atoms with Crippen molar-refractivity contribution < 1.29 is 0 Å². The molecule has 1 atom stereocenters. The van der Waals surface area contributed by atoms with Crippen LogP contribution < -0.4 is 5.32 Å². The first-order valence-corrected chi connectivity index (χ1v) is 5.12. The lowest BCUT2D eigenvalue weighted by Gasteiger charge is -2.14. The van der Waals surface area contributed by atoms with E-state index in [0.717, 1.165) is 25.8 Å². The van der Waals surface area contributed by atoms with Gasteiger partial charge < -0.3 is 5.32 Å². The largest absolute Gasteiger partial charge is 0.304 e. The van der Waals surface area contributed by atoms with Crippen molar-refractivity contribution in [1.29, 1.82) is 5.26 Å². The van der Waals surface area contributed by atoms with Crippen LogP contribution in [0.2, 0.25) is 0 Å². The highest BCUT2D eigenvalue weighted by molar-refractivity contribution is 4.95. The lowest BCUT2D eigenvalue weighted by molar-refractivity contribution is 0.421. The highest BCUT2D eigenvalue weighted by Gasteiger charge is 2.15. The van der Waals surface area contributed by atoms with E-state index in [2.05, 4.69) is 17.3 Å². The van der Waals surface area contributed by atoms with Gasteiger partial charge >= 0.3 is 0 Å². The van der Waals surface area contributed by atoms with Gasteiger partial charge in [-0.05, 0) is 40.2 Å². The van der Waals surface area contributed by atoms with E-state index in [0.29, 0.717) is 0 Å². The summed E-state index contributed by atoms with van der Waals surface area (Å²) >= 11 is 0. The second-order valence-corrected chi connectivity index (χ2v) is 4.30. The molecule has 0 aromatic rings. The summed E-state index contributed by atoms with van der Waals surface area (Å²) in [4.78, 5) is 0. The summed E-state index contributed by atoms with van der Waals surface area (Å²) in [5.41, 5.74) is -0.183. The number of hydrogen-bond acceptors (Lipinski definition) is 2. The summed E-state index contributed by atoms with van der Waals surface area (Å²) in [6.07, 6.45) is 8.33. The summed E-state index contributed by atoms with van der Waals surface area (Å²) in [5, 5.41) is 12.0. The molecule has 0 saturated carbocycles. The maximum absolute atomic E-state index is 8.78. The summed E-state index contributed by atoms with van der Waals surface area (Å²) in [5.74, 6) is 2.62. The van der Waals surface area contributed by atoms with Crippen LogP contribution in [-0.2, 0) is 0 Å². The van der Waals surface area contributed by atoms with Crippen molar-refractivity contribution in [2.45, 2.75) is 46.1 Å². The smallest absolute Gasteiger partial charge is 0.0683 e. The Hall–Kier alpha value is -0.990. The average molecular weight is 192 g/mol. The standard InChI is InChI=1S/C12H20N2/c1-5-11(2)14-9-7-6-8-12(3,4)10-13/h1,11,14H,6-9H2,2-4H3. The van der Waals surface area contributed by atoms with Crippen molar-refractivity contribution in [3.05, 3.63) is 0 Å². The van der Waals surface area contributed by atoms with Crippen LogP contribution >= 0.6 is 0 Å². The minimum atomic E-state index is -0.183. The van der Waals surface area contributed by atoms with Crippen LogP contribution in [0.5, 0.6) is 0 Å². The van der Waals surface area contributed by atoms with Gasteiger partial charge in [-0.15, -0.1) is 6.42 Å².